The van der Waals surface area contributed by atoms with E-state index < -0.39 is 0 Å². The zero-order valence-corrected chi connectivity index (χ0v) is 12.5. The molecule has 2 aliphatic rings. The molecule has 1 aromatic carbocycles. The minimum atomic E-state index is 0.856. The summed E-state index contributed by atoms with van der Waals surface area (Å²) < 4.78 is 1.28. The van der Waals surface area contributed by atoms with Gasteiger partial charge < -0.3 is 5.32 Å². The summed E-state index contributed by atoms with van der Waals surface area (Å²) in [6.45, 7) is 1.25. The van der Waals surface area contributed by atoms with Crippen molar-refractivity contribution in [1.29, 1.82) is 0 Å². The first-order valence-electron chi connectivity index (χ1n) is 7.29. The van der Waals surface area contributed by atoms with Gasteiger partial charge in [-0.25, -0.2) is 0 Å². The molecular weight excluding hydrogens is 286 g/mol. The first-order valence-corrected chi connectivity index (χ1v) is 8.09. The lowest BCUT2D eigenvalue weighted by atomic mass is 9.89. The molecule has 98 valence electrons. The fourth-order valence-electron chi connectivity index (χ4n) is 3.20. The molecule has 0 amide bonds. The summed E-state index contributed by atoms with van der Waals surface area (Å²) in [6.07, 6.45) is 8.32. The number of rotatable bonds is 5. The summed E-state index contributed by atoms with van der Waals surface area (Å²) in [6, 6.07) is 9.56. The topological polar surface area (TPSA) is 12.0 Å². The van der Waals surface area contributed by atoms with E-state index in [-0.39, 0.29) is 0 Å². The Morgan fingerprint density at radius 3 is 2.61 bits per heavy atom. The van der Waals surface area contributed by atoms with Crippen molar-refractivity contribution >= 4 is 15.9 Å². The van der Waals surface area contributed by atoms with Gasteiger partial charge in [-0.05, 0) is 62.1 Å². The first kappa shape index (κ1) is 12.7. The van der Waals surface area contributed by atoms with E-state index in [0.717, 1.165) is 17.9 Å². The molecule has 2 heteroatoms. The average molecular weight is 308 g/mol. The van der Waals surface area contributed by atoms with Crippen LogP contribution < -0.4 is 5.32 Å². The Hall–Kier alpha value is -0.340. The molecule has 0 saturated heterocycles. The van der Waals surface area contributed by atoms with Crippen LogP contribution in [0.25, 0.3) is 0 Å². The van der Waals surface area contributed by atoms with Crippen LogP contribution in [0.1, 0.15) is 37.7 Å². The summed E-state index contributed by atoms with van der Waals surface area (Å²) in [5, 5.41) is 3.72. The van der Waals surface area contributed by atoms with E-state index in [9.17, 15) is 0 Å². The molecular formula is C16H22BrN. The van der Waals surface area contributed by atoms with Crippen molar-refractivity contribution in [2.45, 2.75) is 44.6 Å². The summed E-state index contributed by atoms with van der Waals surface area (Å²) in [5.41, 5.74) is 1.49. The molecule has 0 bridgehead atoms. The lowest BCUT2D eigenvalue weighted by Crippen LogP contribution is -2.27. The Kier molecular flexibility index (Phi) is 4.05. The molecule has 2 fully saturated rings. The van der Waals surface area contributed by atoms with E-state index in [0.29, 0.717) is 0 Å². The summed E-state index contributed by atoms with van der Waals surface area (Å²) in [5.74, 6) is 1.78. The maximum absolute atomic E-state index is 3.72. The molecule has 2 saturated carbocycles. The summed E-state index contributed by atoms with van der Waals surface area (Å²) in [7, 11) is 0. The number of halogens is 1. The highest BCUT2D eigenvalue weighted by Gasteiger charge is 2.29. The van der Waals surface area contributed by atoms with Crippen molar-refractivity contribution in [3.05, 3.63) is 34.3 Å². The van der Waals surface area contributed by atoms with E-state index >= 15 is 0 Å². The molecule has 1 N–H and O–H groups in total. The lowest BCUT2D eigenvalue weighted by molar-refractivity contribution is 0.363. The van der Waals surface area contributed by atoms with Crippen LogP contribution in [0, 0.1) is 11.8 Å². The maximum atomic E-state index is 3.72. The fourth-order valence-corrected chi connectivity index (χ4v) is 3.65. The maximum Gasteiger partial charge on any atom is 0.0207 e. The Morgan fingerprint density at radius 2 is 1.83 bits per heavy atom. The Bertz CT molecular complexity index is 400. The van der Waals surface area contributed by atoms with Gasteiger partial charge in [0.05, 0.1) is 0 Å². The van der Waals surface area contributed by atoms with Crippen LogP contribution >= 0.6 is 15.9 Å². The summed E-state index contributed by atoms with van der Waals surface area (Å²) >= 11 is 3.68. The molecule has 2 aliphatic carbocycles. The van der Waals surface area contributed by atoms with Gasteiger partial charge in [0.2, 0.25) is 0 Å². The van der Waals surface area contributed by atoms with E-state index in [1.165, 1.54) is 55.1 Å². The standard InChI is InChI=1S/C16H22BrN/c17-16-7-2-1-4-13(16)10-12-5-3-6-14(12)11-18-15-8-9-15/h1-2,4,7,12,14-15,18H,3,5-6,8-11H2. The third kappa shape index (κ3) is 3.16. The van der Waals surface area contributed by atoms with Gasteiger partial charge >= 0.3 is 0 Å². The Labute approximate surface area is 118 Å². The van der Waals surface area contributed by atoms with E-state index in [1.807, 2.05) is 0 Å². The molecule has 0 heterocycles. The highest BCUT2D eigenvalue weighted by molar-refractivity contribution is 9.10. The van der Waals surface area contributed by atoms with Crippen molar-refractivity contribution in [2.24, 2.45) is 11.8 Å². The fraction of sp³-hybridized carbons (Fsp3) is 0.625. The van der Waals surface area contributed by atoms with Gasteiger partial charge in [0.25, 0.3) is 0 Å². The van der Waals surface area contributed by atoms with E-state index in [2.05, 4.69) is 45.5 Å². The van der Waals surface area contributed by atoms with Gasteiger partial charge in [0, 0.05) is 10.5 Å². The second-order valence-electron chi connectivity index (χ2n) is 5.93. The Balaban J connectivity index is 1.58. The molecule has 1 nitrogen and oxygen atoms in total. The molecule has 0 spiro atoms. The van der Waals surface area contributed by atoms with Gasteiger partial charge in [-0.1, -0.05) is 40.5 Å². The van der Waals surface area contributed by atoms with Gasteiger partial charge in [-0.15, -0.1) is 0 Å². The highest BCUT2D eigenvalue weighted by Crippen LogP contribution is 2.35. The van der Waals surface area contributed by atoms with Crippen LogP contribution in [0.2, 0.25) is 0 Å². The third-order valence-electron chi connectivity index (χ3n) is 4.50. The quantitative estimate of drug-likeness (QED) is 0.861. The van der Waals surface area contributed by atoms with Crippen LogP contribution in [-0.2, 0) is 6.42 Å². The van der Waals surface area contributed by atoms with Crippen molar-refractivity contribution in [2.75, 3.05) is 6.54 Å². The molecule has 1 aromatic rings. The number of hydrogen-bond donors (Lipinski definition) is 1. The van der Waals surface area contributed by atoms with Gasteiger partial charge in [0.1, 0.15) is 0 Å². The molecule has 2 unspecified atom stereocenters. The van der Waals surface area contributed by atoms with Gasteiger partial charge in [-0.3, -0.25) is 0 Å². The van der Waals surface area contributed by atoms with Crippen LogP contribution in [0.5, 0.6) is 0 Å². The first-order chi connectivity index (χ1) is 8.83. The van der Waals surface area contributed by atoms with Crippen LogP contribution in [0.4, 0.5) is 0 Å². The zero-order chi connectivity index (χ0) is 12.4. The molecule has 18 heavy (non-hydrogen) atoms. The molecule has 0 radical (unpaired) electrons. The minimum Gasteiger partial charge on any atom is -0.314 e. The Morgan fingerprint density at radius 1 is 1.06 bits per heavy atom. The lowest BCUT2D eigenvalue weighted by Gasteiger charge is -2.20. The van der Waals surface area contributed by atoms with Crippen molar-refractivity contribution in [1.82, 2.24) is 5.32 Å². The molecule has 2 atom stereocenters. The molecule has 3 rings (SSSR count). The normalized spacial score (nSPS) is 27.6. The number of hydrogen-bond acceptors (Lipinski definition) is 1. The number of benzene rings is 1. The SMILES string of the molecule is Brc1ccccc1CC1CCCC1CNC1CC1. The van der Waals surface area contributed by atoms with Crippen LogP contribution in [0.3, 0.4) is 0 Å². The molecule has 0 aromatic heterocycles. The predicted octanol–water partition coefficient (Wildman–Crippen LogP) is 4.16. The van der Waals surface area contributed by atoms with Crippen LogP contribution in [-0.4, -0.2) is 12.6 Å². The monoisotopic (exact) mass is 307 g/mol. The van der Waals surface area contributed by atoms with Gasteiger partial charge in [-0.2, -0.15) is 0 Å². The van der Waals surface area contributed by atoms with Crippen molar-refractivity contribution in [3.63, 3.8) is 0 Å². The van der Waals surface area contributed by atoms with Crippen molar-refractivity contribution in [3.8, 4) is 0 Å². The third-order valence-corrected chi connectivity index (χ3v) is 5.28. The van der Waals surface area contributed by atoms with E-state index in [1.54, 1.807) is 0 Å². The van der Waals surface area contributed by atoms with E-state index in [4.69, 9.17) is 0 Å². The molecule has 0 aliphatic heterocycles. The zero-order valence-electron chi connectivity index (χ0n) is 10.9. The van der Waals surface area contributed by atoms with Gasteiger partial charge in [0.15, 0.2) is 0 Å². The van der Waals surface area contributed by atoms with Crippen LogP contribution in [0.15, 0.2) is 28.7 Å². The number of nitrogens with one attached hydrogen (secondary N) is 1. The minimum absolute atomic E-state index is 0.856. The second kappa shape index (κ2) is 5.75. The average Bonchev–Trinajstić information content (AvgIpc) is 3.10. The summed E-state index contributed by atoms with van der Waals surface area (Å²) in [4.78, 5) is 0. The van der Waals surface area contributed by atoms with Crippen molar-refractivity contribution < 1.29 is 0 Å². The smallest absolute Gasteiger partial charge is 0.0207 e. The highest BCUT2D eigenvalue weighted by atomic mass is 79.9. The largest absolute Gasteiger partial charge is 0.314 e. The predicted molar refractivity (Wildman–Crippen MR) is 79.7 cm³/mol. The second-order valence-corrected chi connectivity index (χ2v) is 6.78.